The lowest BCUT2D eigenvalue weighted by atomic mass is 10.2. The van der Waals surface area contributed by atoms with Crippen molar-refractivity contribution in [2.45, 2.75) is 32.7 Å². The normalized spacial score (nSPS) is 12.8. The van der Waals surface area contributed by atoms with Gasteiger partial charge in [-0.1, -0.05) is 36.5 Å². The number of carbonyl (C=O) groups excluding carboxylic acids is 1. The molecule has 0 aromatic heterocycles. The van der Waals surface area contributed by atoms with Gasteiger partial charge in [-0.3, -0.25) is 9.10 Å². The average Bonchev–Trinajstić information content (AvgIpc) is 2.38. The molecule has 0 aliphatic carbocycles. The first-order valence-electron chi connectivity index (χ1n) is 6.87. The Morgan fingerprint density at radius 3 is 2.45 bits per heavy atom. The summed E-state index contributed by atoms with van der Waals surface area (Å²) in [6, 6.07) is 4.42. The zero-order valence-corrected chi connectivity index (χ0v) is 15.1. The molecule has 0 heterocycles. The zero-order chi connectivity index (χ0) is 16.9. The molecular weight excluding hydrogens is 347 g/mol. The first-order chi connectivity index (χ1) is 10.1. The van der Waals surface area contributed by atoms with Gasteiger partial charge < -0.3 is 5.32 Å². The third-order valence-electron chi connectivity index (χ3n) is 3.01. The van der Waals surface area contributed by atoms with Gasteiger partial charge in [-0.2, -0.15) is 0 Å². The van der Waals surface area contributed by atoms with Crippen molar-refractivity contribution >= 4 is 44.8 Å². The van der Waals surface area contributed by atoms with Crippen molar-refractivity contribution in [2.75, 3.05) is 17.1 Å². The van der Waals surface area contributed by atoms with Crippen molar-refractivity contribution < 1.29 is 13.2 Å². The number of hydrogen-bond donors (Lipinski definition) is 1. The summed E-state index contributed by atoms with van der Waals surface area (Å²) in [6.45, 7) is 3.59. The van der Waals surface area contributed by atoms with E-state index in [0.717, 1.165) is 23.4 Å². The van der Waals surface area contributed by atoms with Crippen LogP contribution in [0.4, 0.5) is 5.69 Å². The third-order valence-corrected chi connectivity index (χ3v) is 4.89. The fraction of sp³-hybridized carbons (Fsp3) is 0.500. The molecule has 1 N–H and O–H groups in total. The van der Waals surface area contributed by atoms with Crippen molar-refractivity contribution in [1.29, 1.82) is 0 Å². The lowest BCUT2D eigenvalue weighted by Gasteiger charge is -2.23. The lowest BCUT2D eigenvalue weighted by Crippen LogP contribution is -2.43. The summed E-state index contributed by atoms with van der Waals surface area (Å²) in [7, 11) is -3.62. The highest BCUT2D eigenvalue weighted by atomic mass is 35.5. The van der Waals surface area contributed by atoms with E-state index in [9.17, 15) is 13.2 Å². The van der Waals surface area contributed by atoms with Gasteiger partial charge in [0.05, 0.1) is 22.0 Å². The molecule has 0 aliphatic rings. The zero-order valence-electron chi connectivity index (χ0n) is 12.8. The number of hydrogen-bond acceptors (Lipinski definition) is 3. The molecule has 1 rings (SSSR count). The van der Waals surface area contributed by atoms with E-state index in [1.54, 1.807) is 0 Å². The number of halogens is 2. The van der Waals surface area contributed by atoms with Crippen LogP contribution < -0.4 is 9.62 Å². The van der Waals surface area contributed by atoms with Gasteiger partial charge in [0.2, 0.25) is 15.9 Å². The Kier molecular flexibility index (Phi) is 6.97. The third kappa shape index (κ3) is 5.66. The molecule has 0 bridgehead atoms. The Bertz CT molecular complexity index is 635. The second-order valence-electron chi connectivity index (χ2n) is 5.13. The van der Waals surface area contributed by atoms with Crippen LogP contribution in [-0.4, -0.2) is 33.2 Å². The summed E-state index contributed by atoms with van der Waals surface area (Å²) in [4.78, 5) is 12.0. The SMILES string of the molecule is CCC[C@@H](C)NC(=O)CN(c1ccc(Cl)c(Cl)c1)S(C)(=O)=O. The molecule has 0 saturated heterocycles. The molecule has 5 nitrogen and oxygen atoms in total. The maximum absolute atomic E-state index is 12.0. The van der Waals surface area contributed by atoms with Crippen LogP contribution in [0.1, 0.15) is 26.7 Å². The van der Waals surface area contributed by atoms with Gasteiger partial charge in [0.15, 0.2) is 0 Å². The monoisotopic (exact) mass is 366 g/mol. The molecule has 1 aromatic rings. The second-order valence-corrected chi connectivity index (χ2v) is 7.85. The Balaban J connectivity index is 2.95. The fourth-order valence-corrected chi connectivity index (χ4v) is 3.14. The minimum absolute atomic E-state index is 0.00674. The maximum atomic E-state index is 12.0. The van der Waals surface area contributed by atoms with Crippen molar-refractivity contribution in [3.63, 3.8) is 0 Å². The Labute approximate surface area is 141 Å². The van der Waals surface area contributed by atoms with E-state index in [1.807, 2.05) is 13.8 Å². The molecule has 0 aliphatic heterocycles. The molecule has 1 aromatic carbocycles. The topological polar surface area (TPSA) is 66.5 Å². The summed E-state index contributed by atoms with van der Waals surface area (Å²) in [6.07, 6.45) is 2.81. The molecule has 0 fully saturated rings. The number of nitrogens with one attached hydrogen (secondary N) is 1. The van der Waals surface area contributed by atoms with Gasteiger partial charge in [0, 0.05) is 6.04 Å². The molecular formula is C14H20Cl2N2O3S. The van der Waals surface area contributed by atoms with Crippen LogP contribution in [0.5, 0.6) is 0 Å². The summed E-state index contributed by atoms with van der Waals surface area (Å²) in [5.74, 6) is -0.363. The largest absolute Gasteiger partial charge is 0.352 e. The van der Waals surface area contributed by atoms with E-state index >= 15 is 0 Å². The number of sulfonamides is 1. The Morgan fingerprint density at radius 2 is 1.95 bits per heavy atom. The lowest BCUT2D eigenvalue weighted by molar-refractivity contribution is -0.120. The molecule has 0 radical (unpaired) electrons. The van der Waals surface area contributed by atoms with Gasteiger partial charge in [-0.05, 0) is 31.5 Å². The number of carbonyl (C=O) groups is 1. The predicted molar refractivity (Wildman–Crippen MR) is 91.2 cm³/mol. The van der Waals surface area contributed by atoms with Crippen LogP contribution in [0.3, 0.4) is 0 Å². The quantitative estimate of drug-likeness (QED) is 0.806. The number of anilines is 1. The molecule has 0 unspecified atom stereocenters. The summed E-state index contributed by atoms with van der Waals surface area (Å²) in [5.41, 5.74) is 0.301. The first kappa shape index (κ1) is 19.1. The van der Waals surface area contributed by atoms with Crippen LogP contribution in [0, 0.1) is 0 Å². The average molecular weight is 367 g/mol. The molecule has 124 valence electrons. The molecule has 22 heavy (non-hydrogen) atoms. The van der Waals surface area contributed by atoms with Gasteiger partial charge in [0.25, 0.3) is 0 Å². The Morgan fingerprint density at radius 1 is 1.32 bits per heavy atom. The van der Waals surface area contributed by atoms with Crippen LogP contribution in [0.15, 0.2) is 18.2 Å². The second kappa shape index (κ2) is 8.04. The molecule has 8 heteroatoms. The number of nitrogens with zero attached hydrogens (tertiary/aromatic N) is 1. The number of benzene rings is 1. The molecule has 1 amide bonds. The first-order valence-corrected chi connectivity index (χ1v) is 9.47. The fourth-order valence-electron chi connectivity index (χ4n) is 2.00. The molecule has 0 spiro atoms. The van der Waals surface area contributed by atoms with E-state index in [0.29, 0.717) is 10.7 Å². The van der Waals surface area contributed by atoms with Crippen molar-refractivity contribution in [3.05, 3.63) is 28.2 Å². The maximum Gasteiger partial charge on any atom is 0.240 e. The van der Waals surface area contributed by atoms with Crippen LogP contribution in [0.2, 0.25) is 10.0 Å². The minimum atomic E-state index is -3.62. The van der Waals surface area contributed by atoms with Gasteiger partial charge in [-0.15, -0.1) is 0 Å². The van der Waals surface area contributed by atoms with Crippen molar-refractivity contribution in [1.82, 2.24) is 5.32 Å². The van der Waals surface area contributed by atoms with Gasteiger partial charge in [0.1, 0.15) is 6.54 Å². The van der Waals surface area contributed by atoms with E-state index < -0.39 is 10.0 Å². The highest BCUT2D eigenvalue weighted by Gasteiger charge is 2.22. The van der Waals surface area contributed by atoms with Gasteiger partial charge in [-0.25, -0.2) is 8.42 Å². The van der Waals surface area contributed by atoms with Crippen molar-refractivity contribution in [2.24, 2.45) is 0 Å². The standard InChI is InChI=1S/C14H20Cl2N2O3S/c1-4-5-10(2)17-14(19)9-18(22(3,20)21)11-6-7-12(15)13(16)8-11/h6-8,10H,4-5,9H2,1-3H3,(H,17,19)/t10-/m1/s1. The summed E-state index contributed by atoms with van der Waals surface area (Å²) < 4.78 is 24.9. The summed E-state index contributed by atoms with van der Waals surface area (Å²) in [5, 5.41) is 3.32. The summed E-state index contributed by atoms with van der Waals surface area (Å²) >= 11 is 11.7. The number of amides is 1. The predicted octanol–water partition coefficient (Wildman–Crippen LogP) is 3.06. The number of rotatable bonds is 7. The van der Waals surface area contributed by atoms with E-state index in [2.05, 4.69) is 5.32 Å². The Hall–Kier alpha value is -0.980. The molecule has 0 saturated carbocycles. The van der Waals surface area contributed by atoms with E-state index in [-0.39, 0.29) is 23.5 Å². The van der Waals surface area contributed by atoms with Crippen LogP contribution in [-0.2, 0) is 14.8 Å². The van der Waals surface area contributed by atoms with E-state index in [1.165, 1.54) is 18.2 Å². The van der Waals surface area contributed by atoms with E-state index in [4.69, 9.17) is 23.2 Å². The van der Waals surface area contributed by atoms with Crippen LogP contribution in [0.25, 0.3) is 0 Å². The van der Waals surface area contributed by atoms with Crippen molar-refractivity contribution in [3.8, 4) is 0 Å². The van der Waals surface area contributed by atoms with Crippen LogP contribution >= 0.6 is 23.2 Å². The smallest absolute Gasteiger partial charge is 0.240 e. The van der Waals surface area contributed by atoms with Gasteiger partial charge >= 0.3 is 0 Å². The highest BCUT2D eigenvalue weighted by molar-refractivity contribution is 7.92. The minimum Gasteiger partial charge on any atom is -0.352 e. The highest BCUT2D eigenvalue weighted by Crippen LogP contribution is 2.28. The molecule has 1 atom stereocenters.